The Labute approximate surface area is 195 Å². The summed E-state index contributed by atoms with van der Waals surface area (Å²) in [4.78, 5) is 13.6. The predicted molar refractivity (Wildman–Crippen MR) is 131 cm³/mol. The van der Waals surface area contributed by atoms with E-state index in [2.05, 4.69) is 61.5 Å². The van der Waals surface area contributed by atoms with Crippen molar-refractivity contribution in [2.24, 2.45) is 5.92 Å². The molecule has 32 heavy (non-hydrogen) atoms. The third-order valence-corrected chi connectivity index (χ3v) is 7.88. The second-order valence-electron chi connectivity index (χ2n) is 10.9. The number of fused-ring (bicyclic) bond motifs is 1. The maximum Gasteiger partial charge on any atom is 0.331 e. The first kappa shape index (κ1) is 27.1. The van der Waals surface area contributed by atoms with Gasteiger partial charge in [0, 0.05) is 5.56 Å². The number of rotatable bonds is 10. The van der Waals surface area contributed by atoms with Gasteiger partial charge in [0.2, 0.25) is 0 Å². The van der Waals surface area contributed by atoms with Crippen LogP contribution in [0.5, 0.6) is 5.75 Å². The number of benzene rings is 1. The van der Waals surface area contributed by atoms with E-state index in [1.54, 1.807) is 0 Å². The molecule has 0 saturated carbocycles. The number of hydrogen-bond acceptors (Lipinski definition) is 5. The van der Waals surface area contributed by atoms with Crippen LogP contribution in [0, 0.1) is 5.92 Å². The van der Waals surface area contributed by atoms with E-state index in [9.17, 15) is 9.36 Å². The van der Waals surface area contributed by atoms with Gasteiger partial charge >= 0.3 is 7.60 Å². The molecule has 0 aromatic heterocycles. The highest BCUT2D eigenvalue weighted by atomic mass is 31.2. The molecule has 1 atom stereocenters. The van der Waals surface area contributed by atoms with Crippen LogP contribution in [0.15, 0.2) is 12.1 Å². The molecule has 5 nitrogen and oxygen atoms in total. The average Bonchev–Trinajstić information content (AvgIpc) is 2.68. The molecular formula is C26H43O5P. The van der Waals surface area contributed by atoms with Crippen molar-refractivity contribution in [1.29, 1.82) is 0 Å². The molecule has 0 N–H and O–H groups in total. The maximum atomic E-state index is 13.6. The van der Waals surface area contributed by atoms with Crippen LogP contribution in [-0.2, 0) is 24.4 Å². The van der Waals surface area contributed by atoms with Gasteiger partial charge in [-0.25, -0.2) is 0 Å². The summed E-state index contributed by atoms with van der Waals surface area (Å²) in [5.41, 5.74) is 2.45. The lowest BCUT2D eigenvalue weighted by Gasteiger charge is -2.33. The lowest BCUT2D eigenvalue weighted by molar-refractivity contribution is 0.0835. The smallest absolute Gasteiger partial charge is 0.331 e. The van der Waals surface area contributed by atoms with Gasteiger partial charge in [0.15, 0.2) is 5.78 Å². The quantitative estimate of drug-likeness (QED) is 0.267. The summed E-state index contributed by atoms with van der Waals surface area (Å²) in [5, 5.41) is 0. The Balaban J connectivity index is 2.37. The molecule has 0 amide bonds. The van der Waals surface area contributed by atoms with Crippen molar-refractivity contribution in [2.75, 3.05) is 26.0 Å². The van der Waals surface area contributed by atoms with Crippen LogP contribution >= 0.6 is 7.60 Å². The van der Waals surface area contributed by atoms with Crippen LogP contribution in [0.1, 0.15) is 103 Å². The minimum absolute atomic E-state index is 0.0266. The molecule has 1 unspecified atom stereocenters. The van der Waals surface area contributed by atoms with Gasteiger partial charge < -0.3 is 13.8 Å². The van der Waals surface area contributed by atoms with Crippen LogP contribution in [0.25, 0.3) is 0 Å². The molecule has 6 heteroatoms. The third-order valence-electron chi connectivity index (χ3n) is 5.84. The van der Waals surface area contributed by atoms with Crippen LogP contribution in [0.2, 0.25) is 0 Å². The Morgan fingerprint density at radius 1 is 0.969 bits per heavy atom. The number of unbranched alkanes of at least 4 members (excludes halogenated alkanes) is 2. The molecule has 1 aromatic rings. The highest BCUT2D eigenvalue weighted by Crippen LogP contribution is 2.52. The highest BCUT2D eigenvalue weighted by Gasteiger charge is 2.39. The Morgan fingerprint density at radius 2 is 1.53 bits per heavy atom. The van der Waals surface area contributed by atoms with Gasteiger partial charge in [-0.2, -0.15) is 0 Å². The molecule has 0 saturated heterocycles. The summed E-state index contributed by atoms with van der Waals surface area (Å²) in [5.74, 6) is 0.0984. The first-order chi connectivity index (χ1) is 14.8. The number of carbonyl (C=O) groups excluding carboxylic acids is 1. The van der Waals surface area contributed by atoms with Gasteiger partial charge in [-0.05, 0) is 35.3 Å². The van der Waals surface area contributed by atoms with Crippen LogP contribution in [0.4, 0.5) is 0 Å². The van der Waals surface area contributed by atoms with E-state index < -0.39 is 13.5 Å². The normalized spacial score (nSPS) is 17.2. The van der Waals surface area contributed by atoms with E-state index in [1.165, 1.54) is 0 Å². The summed E-state index contributed by atoms with van der Waals surface area (Å²) >= 11 is 0. The van der Waals surface area contributed by atoms with E-state index in [-0.39, 0.29) is 29.4 Å². The first-order valence-electron chi connectivity index (χ1n) is 12.1. The van der Waals surface area contributed by atoms with Gasteiger partial charge in [0.05, 0.1) is 37.5 Å². The monoisotopic (exact) mass is 466 g/mol. The number of Topliss-reactive ketones (excluding diaryl/α,β-unsaturated/α-hetero) is 1. The summed E-state index contributed by atoms with van der Waals surface area (Å²) in [6, 6.07) is 4.12. The first-order valence-corrected chi connectivity index (χ1v) is 13.8. The second kappa shape index (κ2) is 10.8. The Bertz CT molecular complexity index is 818. The fourth-order valence-corrected chi connectivity index (χ4v) is 5.59. The zero-order chi connectivity index (χ0) is 24.2. The third kappa shape index (κ3) is 6.92. The fourth-order valence-electron chi connectivity index (χ4n) is 3.68. The molecule has 1 aromatic carbocycles. The minimum Gasteiger partial charge on any atom is -0.492 e. The minimum atomic E-state index is -3.39. The molecule has 182 valence electrons. The van der Waals surface area contributed by atoms with Crippen molar-refractivity contribution >= 4 is 13.4 Å². The Kier molecular flexibility index (Phi) is 9.18. The summed E-state index contributed by atoms with van der Waals surface area (Å²) in [6.07, 6.45) is 3.56. The topological polar surface area (TPSA) is 61.8 Å². The highest BCUT2D eigenvalue weighted by molar-refractivity contribution is 7.53. The van der Waals surface area contributed by atoms with E-state index >= 15 is 0 Å². The molecular weight excluding hydrogens is 423 g/mol. The number of ketones is 1. The second-order valence-corrected chi connectivity index (χ2v) is 13.0. The molecule has 1 aliphatic rings. The van der Waals surface area contributed by atoms with Gasteiger partial charge in [-0.1, -0.05) is 74.3 Å². The van der Waals surface area contributed by atoms with Crippen LogP contribution in [0.3, 0.4) is 0 Å². The lowest BCUT2D eigenvalue weighted by Crippen LogP contribution is -2.33. The molecule has 2 rings (SSSR count). The zero-order valence-corrected chi connectivity index (χ0v) is 22.3. The van der Waals surface area contributed by atoms with E-state index in [4.69, 9.17) is 13.8 Å². The summed E-state index contributed by atoms with van der Waals surface area (Å²) < 4.78 is 31.1. The number of hydrogen-bond donors (Lipinski definition) is 0. The van der Waals surface area contributed by atoms with Crippen molar-refractivity contribution in [2.45, 2.75) is 91.9 Å². The molecule has 0 fully saturated rings. The molecule has 0 bridgehead atoms. The number of carbonyl (C=O) groups is 1. The van der Waals surface area contributed by atoms with Crippen molar-refractivity contribution in [3.63, 3.8) is 0 Å². The van der Waals surface area contributed by atoms with Gasteiger partial charge in [0.1, 0.15) is 5.75 Å². The predicted octanol–water partition coefficient (Wildman–Crippen LogP) is 7.30. The summed E-state index contributed by atoms with van der Waals surface area (Å²) in [6.45, 7) is 17.9. The fraction of sp³-hybridized carbons (Fsp3) is 0.731. The van der Waals surface area contributed by atoms with Gasteiger partial charge in [0.25, 0.3) is 0 Å². The molecule has 0 radical (unpaired) electrons. The van der Waals surface area contributed by atoms with Gasteiger partial charge in [-0.3, -0.25) is 9.36 Å². The van der Waals surface area contributed by atoms with Gasteiger partial charge in [-0.15, -0.1) is 0 Å². The number of ether oxygens (including phenoxy) is 1. The van der Waals surface area contributed by atoms with Crippen molar-refractivity contribution in [1.82, 2.24) is 0 Å². The SMILES string of the molecule is CCCCOP(=O)(CC1COc2c(cc(C(C)(C)C)cc2C(C)(C)C)C1=O)OCCCC. The van der Waals surface area contributed by atoms with Crippen molar-refractivity contribution < 1.29 is 23.1 Å². The standard InChI is InChI=1S/C26H43O5P/c1-9-11-13-30-32(28,31-14-12-10-2)18-19-17-29-24-21(23(19)27)15-20(25(3,4)5)16-22(24)26(6,7)8/h15-16,19H,9-14,17-18H2,1-8H3. The Hall–Kier alpha value is -1.16. The van der Waals surface area contributed by atoms with E-state index in [0.717, 1.165) is 36.8 Å². The van der Waals surface area contributed by atoms with Crippen LogP contribution in [-0.4, -0.2) is 31.8 Å². The molecule has 1 aliphatic heterocycles. The maximum absolute atomic E-state index is 13.6. The summed E-state index contributed by atoms with van der Waals surface area (Å²) in [7, 11) is -3.39. The molecule has 0 spiro atoms. The zero-order valence-electron chi connectivity index (χ0n) is 21.4. The van der Waals surface area contributed by atoms with E-state index in [1.807, 2.05) is 6.07 Å². The average molecular weight is 467 g/mol. The van der Waals surface area contributed by atoms with Crippen molar-refractivity contribution in [3.05, 3.63) is 28.8 Å². The van der Waals surface area contributed by atoms with Crippen molar-refractivity contribution in [3.8, 4) is 5.75 Å². The lowest BCUT2D eigenvalue weighted by atomic mass is 9.77. The molecule has 1 heterocycles. The Morgan fingerprint density at radius 3 is 2.00 bits per heavy atom. The van der Waals surface area contributed by atoms with Crippen LogP contribution < -0.4 is 4.74 Å². The van der Waals surface area contributed by atoms with E-state index in [0.29, 0.717) is 24.5 Å². The molecule has 0 aliphatic carbocycles. The largest absolute Gasteiger partial charge is 0.492 e.